The van der Waals surface area contributed by atoms with Crippen LogP contribution in [-0.2, 0) is 0 Å². The molecule has 3 N–H and O–H groups in total. The fourth-order valence-electron chi connectivity index (χ4n) is 3.60. The first-order chi connectivity index (χ1) is 12.1. The molecule has 1 aromatic carbocycles. The van der Waals surface area contributed by atoms with Crippen molar-refractivity contribution in [2.75, 3.05) is 6.16 Å². The summed E-state index contributed by atoms with van der Waals surface area (Å²) in [5, 5.41) is 0. The second-order valence-corrected chi connectivity index (χ2v) is 12.3. The molecule has 0 saturated carbocycles. The van der Waals surface area contributed by atoms with Gasteiger partial charge in [0.2, 0.25) is 0 Å². The summed E-state index contributed by atoms with van der Waals surface area (Å²) >= 11 is 0. The van der Waals surface area contributed by atoms with Crippen LogP contribution in [0.4, 0.5) is 0 Å². The summed E-state index contributed by atoms with van der Waals surface area (Å²) in [6.07, 6.45) is 7.68. The molecule has 4 heteroatoms. The van der Waals surface area contributed by atoms with Crippen LogP contribution in [0.5, 0.6) is 0 Å². The average Bonchev–Trinajstić information content (AvgIpc) is 2.53. The summed E-state index contributed by atoms with van der Waals surface area (Å²) in [4.78, 5) is 32.9. The van der Waals surface area contributed by atoms with Crippen molar-refractivity contribution >= 4 is 7.28 Å². The van der Waals surface area contributed by atoms with Crippen molar-refractivity contribution in [1.29, 1.82) is 0 Å². The summed E-state index contributed by atoms with van der Waals surface area (Å²) in [5.41, 5.74) is 0.295. The van der Waals surface area contributed by atoms with E-state index in [9.17, 15) is 14.7 Å². The van der Waals surface area contributed by atoms with Crippen molar-refractivity contribution in [2.45, 2.75) is 84.7 Å². The summed E-state index contributed by atoms with van der Waals surface area (Å²) < 4.78 is 0. The van der Waals surface area contributed by atoms with Crippen molar-refractivity contribution in [1.82, 2.24) is 0 Å². The Bertz CT molecular complexity index is 491. The second kappa shape index (κ2) is 10.8. The van der Waals surface area contributed by atoms with E-state index in [1.54, 1.807) is 0 Å². The Morgan fingerprint density at radius 2 is 1.19 bits per heavy atom. The molecular formula is C22H41O3P. The van der Waals surface area contributed by atoms with E-state index in [0.717, 1.165) is 44.1 Å². The summed E-state index contributed by atoms with van der Waals surface area (Å²) in [6, 6.07) is 9.56. The van der Waals surface area contributed by atoms with Gasteiger partial charge in [-0.3, -0.25) is 0 Å². The molecular weight excluding hydrogens is 343 g/mol. The number of unbranched alkanes of at least 4 members (excludes halogenated alkanes) is 3. The van der Waals surface area contributed by atoms with E-state index in [4.69, 9.17) is 0 Å². The third-order valence-electron chi connectivity index (χ3n) is 5.20. The molecule has 0 aromatic heterocycles. The third-order valence-corrected chi connectivity index (χ3v) is 8.21. The van der Waals surface area contributed by atoms with Gasteiger partial charge in [0.05, 0.1) is 0 Å². The SMILES string of the molecule is CC(C)CCCCCP(O)(O)(O)C(CCCCC(C)C)c1ccccc1. The second-order valence-electron chi connectivity index (χ2n) is 8.79. The monoisotopic (exact) mass is 384 g/mol. The maximum absolute atomic E-state index is 11.0. The van der Waals surface area contributed by atoms with Crippen molar-refractivity contribution in [3.8, 4) is 0 Å². The van der Waals surface area contributed by atoms with E-state index in [2.05, 4.69) is 27.7 Å². The van der Waals surface area contributed by atoms with Crippen molar-refractivity contribution in [3.63, 3.8) is 0 Å². The van der Waals surface area contributed by atoms with Crippen LogP contribution < -0.4 is 0 Å². The van der Waals surface area contributed by atoms with E-state index in [1.165, 1.54) is 0 Å². The maximum atomic E-state index is 11.0. The normalized spacial score (nSPS) is 15.2. The van der Waals surface area contributed by atoms with Gasteiger partial charge in [-0.25, -0.2) is 0 Å². The Hall–Kier alpha value is -0.470. The van der Waals surface area contributed by atoms with Crippen LogP contribution in [0.3, 0.4) is 0 Å². The quantitative estimate of drug-likeness (QED) is 0.271. The zero-order valence-corrected chi connectivity index (χ0v) is 18.2. The molecule has 0 bridgehead atoms. The van der Waals surface area contributed by atoms with Crippen LogP contribution in [0.25, 0.3) is 0 Å². The van der Waals surface area contributed by atoms with Crippen LogP contribution >= 0.6 is 7.28 Å². The van der Waals surface area contributed by atoms with Gasteiger partial charge in [0.1, 0.15) is 0 Å². The first kappa shape index (κ1) is 23.6. The minimum atomic E-state index is -4.71. The van der Waals surface area contributed by atoms with Crippen LogP contribution in [0.1, 0.15) is 90.3 Å². The molecule has 1 rings (SSSR count). The third kappa shape index (κ3) is 8.95. The fourth-order valence-corrected chi connectivity index (χ4v) is 6.24. The Balaban J connectivity index is 2.74. The molecule has 0 amide bonds. The standard InChI is InChI=1S/C22H41O3P/c1-19(2)13-7-6-12-18-26(23,24,25)22(17-11-10-14-20(3)4)21-15-8-5-9-16-21/h5,8-9,15-16,19-20,22-25H,6-7,10-14,17-18H2,1-4H3. The van der Waals surface area contributed by atoms with Gasteiger partial charge < -0.3 is 0 Å². The Morgan fingerprint density at radius 1 is 0.692 bits per heavy atom. The molecule has 1 atom stereocenters. The molecule has 1 unspecified atom stereocenters. The van der Waals surface area contributed by atoms with Gasteiger partial charge in [0.25, 0.3) is 0 Å². The summed E-state index contributed by atoms with van der Waals surface area (Å²) in [5.74, 6) is 1.32. The Morgan fingerprint density at radius 3 is 1.73 bits per heavy atom. The topological polar surface area (TPSA) is 60.7 Å². The van der Waals surface area contributed by atoms with Gasteiger partial charge >= 0.3 is 161 Å². The molecule has 0 saturated heterocycles. The molecule has 0 fully saturated rings. The van der Waals surface area contributed by atoms with E-state index in [0.29, 0.717) is 24.7 Å². The summed E-state index contributed by atoms with van der Waals surface area (Å²) in [6.45, 7) is 8.81. The summed E-state index contributed by atoms with van der Waals surface area (Å²) in [7, 11) is -4.71. The van der Waals surface area contributed by atoms with Gasteiger partial charge in [-0.2, -0.15) is 0 Å². The van der Waals surface area contributed by atoms with E-state index >= 15 is 0 Å². The fraction of sp³-hybridized carbons (Fsp3) is 0.727. The molecule has 0 aliphatic rings. The molecule has 0 spiro atoms. The zero-order valence-electron chi connectivity index (χ0n) is 17.3. The molecule has 0 aliphatic heterocycles. The number of rotatable bonds is 13. The zero-order chi connectivity index (χ0) is 19.7. The predicted octanol–water partition coefficient (Wildman–Crippen LogP) is 6.44. The molecule has 26 heavy (non-hydrogen) atoms. The Labute approximate surface area is 161 Å². The van der Waals surface area contributed by atoms with Crippen LogP contribution in [0.15, 0.2) is 30.3 Å². The van der Waals surface area contributed by atoms with Gasteiger partial charge in [0.15, 0.2) is 0 Å². The first-order valence-corrected chi connectivity index (χ1v) is 12.8. The van der Waals surface area contributed by atoms with Gasteiger partial charge in [-0.05, 0) is 0 Å². The van der Waals surface area contributed by atoms with Gasteiger partial charge in [0, 0.05) is 0 Å². The first-order valence-electron chi connectivity index (χ1n) is 10.4. The molecule has 0 radical (unpaired) electrons. The van der Waals surface area contributed by atoms with Crippen molar-refractivity contribution in [2.24, 2.45) is 11.8 Å². The van der Waals surface area contributed by atoms with E-state index in [1.807, 2.05) is 30.3 Å². The van der Waals surface area contributed by atoms with E-state index < -0.39 is 12.9 Å². The van der Waals surface area contributed by atoms with Crippen molar-refractivity contribution < 1.29 is 14.7 Å². The van der Waals surface area contributed by atoms with Gasteiger partial charge in [-0.15, -0.1) is 0 Å². The molecule has 1 aromatic rings. The van der Waals surface area contributed by atoms with Gasteiger partial charge in [-0.1, -0.05) is 0 Å². The minimum absolute atomic E-state index is 0.118. The molecule has 0 aliphatic carbocycles. The molecule has 3 nitrogen and oxygen atoms in total. The van der Waals surface area contributed by atoms with E-state index in [-0.39, 0.29) is 6.16 Å². The molecule has 152 valence electrons. The number of hydrogen-bond acceptors (Lipinski definition) is 3. The number of hydrogen-bond donors (Lipinski definition) is 3. The van der Waals surface area contributed by atoms with Crippen molar-refractivity contribution in [3.05, 3.63) is 35.9 Å². The average molecular weight is 385 g/mol. The van der Waals surface area contributed by atoms with Crippen LogP contribution in [0, 0.1) is 11.8 Å². The van der Waals surface area contributed by atoms with Crippen LogP contribution in [-0.4, -0.2) is 20.8 Å². The predicted molar refractivity (Wildman–Crippen MR) is 114 cm³/mol. The number of benzene rings is 1. The van der Waals surface area contributed by atoms with Crippen LogP contribution in [0.2, 0.25) is 0 Å². The molecule has 0 heterocycles. The Kier molecular flexibility index (Phi) is 9.75.